The van der Waals surface area contributed by atoms with Gasteiger partial charge in [-0.3, -0.25) is 0 Å². The third-order valence-corrected chi connectivity index (χ3v) is 6.09. The summed E-state index contributed by atoms with van der Waals surface area (Å²) in [5, 5.41) is 10.3. The topological polar surface area (TPSA) is 162 Å². The van der Waals surface area contributed by atoms with Crippen molar-refractivity contribution in [1.29, 1.82) is 0 Å². The zero-order chi connectivity index (χ0) is 23.9. The molecule has 0 aliphatic heterocycles. The Balaban J connectivity index is 0.00000544. The van der Waals surface area contributed by atoms with Gasteiger partial charge >= 0.3 is 59.1 Å². The molecular formula is C20H24Na2O10S2. The third kappa shape index (κ3) is 11.5. The first-order valence-corrected chi connectivity index (χ1v) is 12.6. The largest absolute Gasteiger partial charge is 1.00 e. The molecule has 1 N–H and O–H groups in total. The first kappa shape index (κ1) is 33.5. The van der Waals surface area contributed by atoms with Gasteiger partial charge in [-0.2, -0.15) is 0 Å². The number of phenolic OH excluding ortho intramolecular Hbond substituents is 1. The molecule has 2 rings (SSSR count). The molecule has 0 spiro atoms. The molecule has 0 unspecified atom stereocenters. The van der Waals surface area contributed by atoms with E-state index in [0.29, 0.717) is 17.5 Å². The smallest absolute Gasteiger partial charge is 0.748 e. The van der Waals surface area contributed by atoms with Crippen LogP contribution >= 0.6 is 0 Å². The van der Waals surface area contributed by atoms with Crippen LogP contribution in [0.2, 0.25) is 0 Å². The van der Waals surface area contributed by atoms with Gasteiger partial charge in [0, 0.05) is 17.7 Å². The minimum absolute atomic E-state index is 0. The Bertz CT molecular complexity index is 1140. The number of hydrogen-bond acceptors (Lipinski definition) is 10. The standard InChI is InChI=1S/C20H26O10S2.2Na/c1-28-18-7-3-6-15(20(18)21)12-16(13-32(25,26)27)30-17-9-8-14(11-19(17)29-2)5-4-10-31(22,23)24;;/h3,6-9,11,16,21H,4-5,10,12-13H2,1-2H3,(H,22,23,24)(H,25,26,27);;/q;2*+1/p-2/t16-;;/m0../s1. The monoisotopic (exact) mass is 534 g/mol. The van der Waals surface area contributed by atoms with Crippen LogP contribution in [0.1, 0.15) is 17.5 Å². The number of aromatic hydroxyl groups is 1. The van der Waals surface area contributed by atoms with Crippen molar-refractivity contribution in [3.8, 4) is 23.0 Å². The van der Waals surface area contributed by atoms with Gasteiger partial charge in [-0.1, -0.05) is 18.2 Å². The van der Waals surface area contributed by atoms with Gasteiger partial charge < -0.3 is 28.4 Å². The quantitative estimate of drug-likeness (QED) is 0.207. The van der Waals surface area contributed by atoms with Gasteiger partial charge in [0.05, 0.1) is 40.2 Å². The van der Waals surface area contributed by atoms with Gasteiger partial charge in [0.25, 0.3) is 0 Å². The molecule has 34 heavy (non-hydrogen) atoms. The van der Waals surface area contributed by atoms with Crippen molar-refractivity contribution >= 4 is 20.2 Å². The molecule has 1 atom stereocenters. The molecule has 0 saturated carbocycles. The Morgan fingerprint density at radius 3 is 2.12 bits per heavy atom. The SMILES string of the molecule is COc1cc(CCCS(=O)(=O)[O-])ccc1O[C@@H](Cc1cccc(OC)c1O)CS(=O)(=O)[O-].[Na+].[Na+]. The van der Waals surface area contributed by atoms with E-state index in [1.807, 2.05) is 0 Å². The summed E-state index contributed by atoms with van der Waals surface area (Å²) in [6.07, 6.45) is -0.812. The van der Waals surface area contributed by atoms with Crippen molar-refractivity contribution < 1.29 is 104 Å². The predicted molar refractivity (Wildman–Crippen MR) is 113 cm³/mol. The van der Waals surface area contributed by atoms with Crippen molar-refractivity contribution in [2.75, 3.05) is 25.7 Å². The van der Waals surface area contributed by atoms with Gasteiger partial charge in [-0.25, -0.2) is 16.8 Å². The van der Waals surface area contributed by atoms with Gasteiger partial charge in [-0.05, 0) is 36.6 Å². The third-order valence-electron chi connectivity index (χ3n) is 4.52. The summed E-state index contributed by atoms with van der Waals surface area (Å²) < 4.78 is 82.5. The maximum absolute atomic E-state index is 11.4. The number of phenols is 1. The van der Waals surface area contributed by atoms with E-state index in [1.54, 1.807) is 24.3 Å². The Labute approximate surface area is 244 Å². The summed E-state index contributed by atoms with van der Waals surface area (Å²) in [7, 11) is -6.24. The Morgan fingerprint density at radius 2 is 1.56 bits per heavy atom. The fourth-order valence-electron chi connectivity index (χ4n) is 3.10. The van der Waals surface area contributed by atoms with Crippen molar-refractivity contribution in [1.82, 2.24) is 0 Å². The van der Waals surface area contributed by atoms with Crippen molar-refractivity contribution in [2.45, 2.75) is 25.4 Å². The predicted octanol–water partition coefficient (Wildman–Crippen LogP) is -4.57. The molecular weight excluding hydrogens is 510 g/mol. The molecule has 0 bridgehead atoms. The molecule has 0 aromatic heterocycles. The summed E-state index contributed by atoms with van der Waals surface area (Å²) in [5.41, 5.74) is 1.00. The summed E-state index contributed by atoms with van der Waals surface area (Å²) in [6.45, 7) is 0. The molecule has 10 nitrogen and oxygen atoms in total. The van der Waals surface area contributed by atoms with Crippen LogP contribution < -0.4 is 73.3 Å². The van der Waals surface area contributed by atoms with E-state index in [2.05, 4.69) is 0 Å². The summed E-state index contributed by atoms with van der Waals surface area (Å²) in [4.78, 5) is 0. The van der Waals surface area contributed by atoms with Crippen LogP contribution in [0.3, 0.4) is 0 Å². The zero-order valence-corrected chi connectivity index (χ0v) is 25.1. The number of benzene rings is 2. The number of para-hydroxylation sites is 1. The summed E-state index contributed by atoms with van der Waals surface area (Å²) in [6, 6.07) is 9.36. The van der Waals surface area contributed by atoms with Crippen LogP contribution in [0.25, 0.3) is 0 Å². The zero-order valence-electron chi connectivity index (χ0n) is 19.5. The van der Waals surface area contributed by atoms with Crippen LogP contribution in [-0.4, -0.2) is 62.9 Å². The van der Waals surface area contributed by atoms with Gasteiger partial charge in [0.1, 0.15) is 6.10 Å². The molecule has 2 aromatic carbocycles. The first-order chi connectivity index (χ1) is 14.9. The van der Waals surface area contributed by atoms with Gasteiger partial charge in [-0.15, -0.1) is 0 Å². The normalized spacial score (nSPS) is 12.1. The maximum atomic E-state index is 11.4. The molecule has 14 heteroatoms. The van der Waals surface area contributed by atoms with E-state index >= 15 is 0 Å². The summed E-state index contributed by atoms with van der Waals surface area (Å²) in [5.74, 6) is -0.966. The average molecular weight is 535 g/mol. The molecule has 0 aliphatic rings. The molecule has 178 valence electrons. The van der Waals surface area contributed by atoms with E-state index < -0.39 is 37.8 Å². The number of hydrogen-bond donors (Lipinski definition) is 1. The minimum atomic E-state index is -4.66. The fraction of sp³-hybridized carbons (Fsp3) is 0.400. The van der Waals surface area contributed by atoms with E-state index in [0.717, 1.165) is 0 Å². The molecule has 2 aromatic rings. The number of aryl methyl sites for hydroxylation is 1. The van der Waals surface area contributed by atoms with E-state index in [4.69, 9.17) is 14.2 Å². The number of rotatable bonds is 12. The average Bonchev–Trinajstić information content (AvgIpc) is 2.68. The van der Waals surface area contributed by atoms with Crippen LogP contribution in [0, 0.1) is 0 Å². The van der Waals surface area contributed by atoms with Crippen LogP contribution in [0.15, 0.2) is 36.4 Å². The van der Waals surface area contributed by atoms with Gasteiger partial charge in [0.2, 0.25) is 0 Å². The van der Waals surface area contributed by atoms with Crippen LogP contribution in [0.5, 0.6) is 23.0 Å². The van der Waals surface area contributed by atoms with Crippen LogP contribution in [0.4, 0.5) is 0 Å². The second-order valence-electron chi connectivity index (χ2n) is 6.99. The summed E-state index contributed by atoms with van der Waals surface area (Å²) >= 11 is 0. The Morgan fingerprint density at radius 1 is 0.912 bits per heavy atom. The van der Waals surface area contributed by atoms with Crippen molar-refractivity contribution in [3.63, 3.8) is 0 Å². The first-order valence-electron chi connectivity index (χ1n) is 9.47. The van der Waals surface area contributed by atoms with E-state index in [-0.39, 0.29) is 95.0 Å². The van der Waals surface area contributed by atoms with Crippen LogP contribution in [-0.2, 0) is 33.1 Å². The molecule has 0 radical (unpaired) electrons. The fourth-order valence-corrected chi connectivity index (χ4v) is 4.24. The Hall–Kier alpha value is -0.540. The molecule has 0 aliphatic carbocycles. The minimum Gasteiger partial charge on any atom is -0.748 e. The molecule has 0 amide bonds. The maximum Gasteiger partial charge on any atom is 1.00 e. The van der Waals surface area contributed by atoms with E-state index in [9.17, 15) is 31.0 Å². The van der Waals surface area contributed by atoms with Gasteiger partial charge in [0.15, 0.2) is 23.0 Å². The number of ether oxygens (including phenoxy) is 3. The van der Waals surface area contributed by atoms with Crippen molar-refractivity contribution in [2.24, 2.45) is 0 Å². The number of methoxy groups -OCH3 is 2. The van der Waals surface area contributed by atoms with E-state index in [1.165, 1.54) is 26.4 Å². The second-order valence-corrected chi connectivity index (χ2v) is 9.96. The molecule has 0 fully saturated rings. The molecule has 0 saturated heterocycles. The van der Waals surface area contributed by atoms with Crippen molar-refractivity contribution in [3.05, 3.63) is 47.5 Å². The second kappa shape index (κ2) is 14.9. The molecule has 0 heterocycles. The Kier molecular flexibility index (Phi) is 14.6.